The van der Waals surface area contributed by atoms with Gasteiger partial charge in [-0.15, -0.1) is 0 Å². The number of phenolic OH excluding ortho intramolecular Hbond substituents is 1. The minimum atomic E-state index is -1.21. The summed E-state index contributed by atoms with van der Waals surface area (Å²) >= 11 is 0. The van der Waals surface area contributed by atoms with Crippen LogP contribution >= 0.6 is 0 Å². The van der Waals surface area contributed by atoms with Gasteiger partial charge in [-0.05, 0) is 36.2 Å². The lowest BCUT2D eigenvalue weighted by molar-refractivity contribution is -0.115. The van der Waals surface area contributed by atoms with Crippen LogP contribution < -0.4 is 5.32 Å². The van der Waals surface area contributed by atoms with Crippen LogP contribution in [-0.4, -0.2) is 22.1 Å². The van der Waals surface area contributed by atoms with Crippen LogP contribution in [0.2, 0.25) is 0 Å². The van der Waals surface area contributed by atoms with Gasteiger partial charge in [-0.3, -0.25) is 4.79 Å². The third-order valence-corrected chi connectivity index (χ3v) is 3.12. The molecule has 0 atom stereocenters. The molecule has 2 aromatic rings. The summed E-state index contributed by atoms with van der Waals surface area (Å²) in [5.41, 5.74) is 1.90. The van der Waals surface area contributed by atoms with Crippen LogP contribution in [0.1, 0.15) is 21.5 Å². The first-order valence-corrected chi connectivity index (χ1v) is 6.38. The number of aromatic hydroxyl groups is 1. The van der Waals surface area contributed by atoms with Crippen molar-refractivity contribution in [1.29, 1.82) is 0 Å². The van der Waals surface area contributed by atoms with Crippen LogP contribution in [0.25, 0.3) is 0 Å². The van der Waals surface area contributed by atoms with Gasteiger partial charge >= 0.3 is 5.97 Å². The standard InChI is InChI=1S/C16H15NO4/c1-10-4-2-3-5-11(10)8-15(19)17-14-7-6-12(18)9-13(14)16(20)21/h2-7,9,18H,8H2,1H3,(H,17,19)(H,20,21). The zero-order valence-electron chi connectivity index (χ0n) is 11.5. The Morgan fingerprint density at radius 3 is 2.52 bits per heavy atom. The lowest BCUT2D eigenvalue weighted by Crippen LogP contribution is -2.17. The topological polar surface area (TPSA) is 86.6 Å². The lowest BCUT2D eigenvalue weighted by atomic mass is 10.1. The number of carbonyl (C=O) groups is 2. The van der Waals surface area contributed by atoms with Crippen molar-refractivity contribution in [3.8, 4) is 5.75 Å². The summed E-state index contributed by atoms with van der Waals surface area (Å²) < 4.78 is 0. The first-order chi connectivity index (χ1) is 9.97. The quantitative estimate of drug-likeness (QED) is 0.753. The van der Waals surface area contributed by atoms with E-state index in [2.05, 4.69) is 5.32 Å². The van der Waals surface area contributed by atoms with Gasteiger partial charge in [-0.25, -0.2) is 4.79 Å². The molecule has 0 saturated heterocycles. The highest BCUT2D eigenvalue weighted by Gasteiger charge is 2.14. The molecule has 5 nitrogen and oxygen atoms in total. The molecule has 3 N–H and O–H groups in total. The average molecular weight is 285 g/mol. The van der Waals surface area contributed by atoms with Gasteiger partial charge in [0.05, 0.1) is 17.7 Å². The molecule has 0 spiro atoms. The Bertz CT molecular complexity index is 694. The Morgan fingerprint density at radius 2 is 1.86 bits per heavy atom. The fourth-order valence-electron chi connectivity index (χ4n) is 1.99. The number of benzene rings is 2. The van der Waals surface area contributed by atoms with Gasteiger partial charge in [-0.2, -0.15) is 0 Å². The lowest BCUT2D eigenvalue weighted by Gasteiger charge is -2.10. The van der Waals surface area contributed by atoms with Crippen LogP contribution in [0.4, 0.5) is 5.69 Å². The van der Waals surface area contributed by atoms with Crippen LogP contribution in [0, 0.1) is 6.92 Å². The highest BCUT2D eigenvalue weighted by Crippen LogP contribution is 2.21. The van der Waals surface area contributed by atoms with Gasteiger partial charge in [0.1, 0.15) is 5.75 Å². The van der Waals surface area contributed by atoms with Crippen LogP contribution in [-0.2, 0) is 11.2 Å². The van der Waals surface area contributed by atoms with Gasteiger partial charge in [0.25, 0.3) is 0 Å². The van der Waals surface area contributed by atoms with E-state index in [9.17, 15) is 14.7 Å². The monoisotopic (exact) mass is 285 g/mol. The van der Waals surface area contributed by atoms with E-state index >= 15 is 0 Å². The van der Waals surface area contributed by atoms with E-state index in [1.807, 2.05) is 31.2 Å². The third kappa shape index (κ3) is 3.60. The van der Waals surface area contributed by atoms with E-state index < -0.39 is 5.97 Å². The van der Waals surface area contributed by atoms with Gasteiger partial charge < -0.3 is 15.5 Å². The smallest absolute Gasteiger partial charge is 0.337 e. The minimum absolute atomic E-state index is 0.145. The van der Waals surface area contributed by atoms with Crippen LogP contribution in [0.5, 0.6) is 5.75 Å². The van der Waals surface area contributed by atoms with Crippen molar-refractivity contribution in [3.63, 3.8) is 0 Å². The molecule has 0 heterocycles. The zero-order chi connectivity index (χ0) is 15.4. The van der Waals surface area contributed by atoms with Crippen molar-refractivity contribution in [3.05, 3.63) is 59.2 Å². The second-order valence-corrected chi connectivity index (χ2v) is 4.69. The number of nitrogens with one attached hydrogen (secondary N) is 1. The van der Waals surface area contributed by atoms with Crippen molar-refractivity contribution in [2.75, 3.05) is 5.32 Å². The number of anilines is 1. The molecule has 2 rings (SSSR count). The van der Waals surface area contributed by atoms with Crippen molar-refractivity contribution in [1.82, 2.24) is 0 Å². The second-order valence-electron chi connectivity index (χ2n) is 4.69. The number of carboxylic acid groups (broad SMARTS) is 1. The Kier molecular flexibility index (Phi) is 4.23. The van der Waals surface area contributed by atoms with Gasteiger partial charge in [0.2, 0.25) is 5.91 Å². The number of hydrogen-bond acceptors (Lipinski definition) is 3. The van der Waals surface area contributed by atoms with Crippen molar-refractivity contribution < 1.29 is 19.8 Å². The SMILES string of the molecule is Cc1ccccc1CC(=O)Nc1ccc(O)cc1C(=O)O. The maximum Gasteiger partial charge on any atom is 0.337 e. The molecule has 0 unspecified atom stereocenters. The minimum Gasteiger partial charge on any atom is -0.508 e. The molecule has 0 radical (unpaired) electrons. The fourth-order valence-corrected chi connectivity index (χ4v) is 1.99. The third-order valence-electron chi connectivity index (χ3n) is 3.12. The number of rotatable bonds is 4. The van der Waals surface area contributed by atoms with E-state index in [-0.39, 0.29) is 29.3 Å². The molecule has 0 aromatic heterocycles. The molecular formula is C16H15NO4. The molecule has 1 amide bonds. The molecule has 2 aromatic carbocycles. The second kappa shape index (κ2) is 6.09. The largest absolute Gasteiger partial charge is 0.508 e. The summed E-state index contributed by atoms with van der Waals surface area (Å²) in [6, 6.07) is 11.3. The maximum atomic E-state index is 12.0. The molecule has 5 heteroatoms. The summed E-state index contributed by atoms with van der Waals surface area (Å²) in [7, 11) is 0. The summed E-state index contributed by atoms with van der Waals surface area (Å²) in [4.78, 5) is 23.1. The number of amides is 1. The Balaban J connectivity index is 2.17. The summed E-state index contributed by atoms with van der Waals surface area (Å²) in [5.74, 6) is -1.68. The highest BCUT2D eigenvalue weighted by atomic mass is 16.4. The highest BCUT2D eigenvalue weighted by molar-refractivity contribution is 6.01. The molecule has 0 bridgehead atoms. The Labute approximate surface area is 121 Å². The molecule has 0 aliphatic rings. The maximum absolute atomic E-state index is 12.0. The molecule has 0 aliphatic heterocycles. The molecule has 0 fully saturated rings. The summed E-state index contributed by atoms with van der Waals surface area (Å²) in [6.45, 7) is 1.91. The first kappa shape index (κ1) is 14.6. The van der Waals surface area contributed by atoms with Gasteiger partial charge in [0, 0.05) is 0 Å². The van der Waals surface area contributed by atoms with Crippen molar-refractivity contribution in [2.24, 2.45) is 0 Å². The number of carbonyl (C=O) groups excluding carboxylic acids is 1. The molecule has 108 valence electrons. The molecule has 0 saturated carbocycles. The van der Waals surface area contributed by atoms with Gasteiger partial charge in [-0.1, -0.05) is 24.3 Å². The van der Waals surface area contributed by atoms with Crippen LogP contribution in [0.3, 0.4) is 0 Å². The van der Waals surface area contributed by atoms with Gasteiger partial charge in [0.15, 0.2) is 0 Å². The number of aryl methyl sites for hydroxylation is 1. The fraction of sp³-hybridized carbons (Fsp3) is 0.125. The molecule has 21 heavy (non-hydrogen) atoms. The van der Waals surface area contributed by atoms with Crippen molar-refractivity contribution in [2.45, 2.75) is 13.3 Å². The number of aromatic carboxylic acids is 1. The predicted octanol–water partition coefficient (Wildman–Crippen LogP) is 2.58. The van der Waals surface area contributed by atoms with E-state index in [4.69, 9.17) is 5.11 Å². The average Bonchev–Trinajstić information content (AvgIpc) is 2.43. The normalized spacial score (nSPS) is 10.1. The Hall–Kier alpha value is -2.82. The van der Waals surface area contributed by atoms with Crippen molar-refractivity contribution >= 4 is 17.6 Å². The number of carboxylic acids is 1. The number of phenols is 1. The van der Waals surface area contributed by atoms with E-state index in [1.165, 1.54) is 12.1 Å². The molecule has 0 aliphatic carbocycles. The molecular weight excluding hydrogens is 270 g/mol. The zero-order valence-corrected chi connectivity index (χ0v) is 11.5. The van der Waals surface area contributed by atoms with Crippen LogP contribution in [0.15, 0.2) is 42.5 Å². The Morgan fingerprint density at radius 1 is 1.14 bits per heavy atom. The first-order valence-electron chi connectivity index (χ1n) is 6.38. The number of hydrogen-bond donors (Lipinski definition) is 3. The summed E-state index contributed by atoms with van der Waals surface area (Å²) in [5, 5.41) is 21.0. The predicted molar refractivity (Wildman–Crippen MR) is 78.6 cm³/mol. The summed E-state index contributed by atoms with van der Waals surface area (Å²) in [6.07, 6.45) is 0.159. The van der Waals surface area contributed by atoms with E-state index in [1.54, 1.807) is 0 Å². The van der Waals surface area contributed by atoms with E-state index in [0.29, 0.717) is 0 Å². The van der Waals surface area contributed by atoms with E-state index in [0.717, 1.165) is 17.2 Å².